The van der Waals surface area contributed by atoms with Crippen LogP contribution in [0.4, 0.5) is 0 Å². The average Bonchev–Trinajstić information content (AvgIpc) is 3.08. The van der Waals surface area contributed by atoms with E-state index in [0.29, 0.717) is 0 Å². The van der Waals surface area contributed by atoms with Crippen LogP contribution in [-0.4, -0.2) is 37.0 Å². The molecule has 0 saturated heterocycles. The van der Waals surface area contributed by atoms with E-state index in [9.17, 15) is 10.5 Å². The number of nitrogens with zero attached hydrogens (tertiary/aromatic N) is 2. The number of hydrogen-bond acceptors (Lipinski definition) is 4. The summed E-state index contributed by atoms with van der Waals surface area (Å²) in [5.41, 5.74) is 2.80. The summed E-state index contributed by atoms with van der Waals surface area (Å²) < 4.78 is 0. The molecule has 0 radical (unpaired) electrons. The number of hydrogen-bond donors (Lipinski definition) is 2. The van der Waals surface area contributed by atoms with Gasteiger partial charge in [-0.2, -0.15) is 0 Å². The minimum atomic E-state index is -2.25. The summed E-state index contributed by atoms with van der Waals surface area (Å²) in [5.74, 6) is 0. The van der Waals surface area contributed by atoms with Crippen molar-refractivity contribution in [3.05, 3.63) is 71.8 Å². The van der Waals surface area contributed by atoms with Gasteiger partial charge in [-0.3, -0.25) is 0 Å². The molecule has 6 heteroatoms. The fourth-order valence-corrected chi connectivity index (χ4v) is 20.3. The standard InChI is InChI=1S/2C20H35N2P/c2*1-4-7-15-23(22-19-21,16-8-5-2,17-9-6-3)18-20-13-11-10-12-14-20/h2*10-14,22H,4-9,15-18H2,1-3H3. The van der Waals surface area contributed by atoms with Crippen molar-refractivity contribution in [2.24, 2.45) is 0 Å². The maximum atomic E-state index is 9.61. The zero-order valence-corrected chi connectivity index (χ0v) is 32.5. The van der Waals surface area contributed by atoms with E-state index in [-0.39, 0.29) is 0 Å². The van der Waals surface area contributed by atoms with Gasteiger partial charge in [0, 0.05) is 0 Å². The van der Waals surface area contributed by atoms with Gasteiger partial charge in [-0.1, -0.05) is 0 Å². The van der Waals surface area contributed by atoms with Gasteiger partial charge in [-0.25, -0.2) is 0 Å². The molecular weight excluding hydrogens is 598 g/mol. The Morgan fingerprint density at radius 3 is 0.870 bits per heavy atom. The second-order valence-electron chi connectivity index (χ2n) is 14.1. The Morgan fingerprint density at radius 1 is 0.435 bits per heavy atom. The number of rotatable bonds is 24. The van der Waals surface area contributed by atoms with Crippen LogP contribution >= 0.6 is 13.5 Å². The summed E-state index contributed by atoms with van der Waals surface area (Å²) in [7, 11) is 0. The quantitative estimate of drug-likeness (QED) is 0.0663. The molecule has 0 fully saturated rings. The molecule has 0 aliphatic carbocycles. The summed E-state index contributed by atoms with van der Waals surface area (Å²) in [6.07, 6.45) is 28.9. The predicted molar refractivity (Wildman–Crippen MR) is 210 cm³/mol. The molecule has 46 heavy (non-hydrogen) atoms. The Balaban J connectivity index is 0.000000460. The topological polar surface area (TPSA) is 71.6 Å². The second-order valence-corrected chi connectivity index (χ2v) is 25.8. The Bertz CT molecular complexity index is 999. The monoisotopic (exact) mass is 669 g/mol. The molecule has 2 N–H and O–H groups in total. The van der Waals surface area contributed by atoms with E-state index in [1.165, 1.54) is 125 Å². The van der Waals surface area contributed by atoms with Gasteiger partial charge in [0.2, 0.25) is 0 Å². The SMILES string of the molecule is CCCCP(CCCC)(CCCC)(Cc1ccccc1)NC#N.CCCCP(CCCC)(CCCC)(Cc1ccccc1)NC#N. The first kappa shape index (κ1) is 41.9. The fraction of sp³-hybridized carbons (Fsp3) is 0.650. The summed E-state index contributed by atoms with van der Waals surface area (Å²) in [6, 6.07) is 21.7. The Hall–Kier alpha value is -2.12. The Labute approximate surface area is 285 Å². The predicted octanol–water partition coefficient (Wildman–Crippen LogP) is 12.3. The van der Waals surface area contributed by atoms with Crippen LogP contribution in [0, 0.1) is 22.9 Å². The van der Waals surface area contributed by atoms with Crippen LogP contribution in [0.3, 0.4) is 0 Å². The van der Waals surface area contributed by atoms with Gasteiger partial charge in [0.15, 0.2) is 0 Å². The van der Waals surface area contributed by atoms with Crippen molar-refractivity contribution >= 4 is 13.5 Å². The maximum absolute atomic E-state index is 9.61. The zero-order valence-electron chi connectivity index (χ0n) is 30.7. The van der Waals surface area contributed by atoms with Crippen LogP contribution in [-0.2, 0) is 12.3 Å². The van der Waals surface area contributed by atoms with Crippen LogP contribution in [0.15, 0.2) is 60.7 Å². The molecule has 0 unspecified atom stereocenters. The number of nitriles is 2. The molecule has 0 spiro atoms. The molecule has 0 bridgehead atoms. The van der Waals surface area contributed by atoms with Gasteiger partial charge in [0.05, 0.1) is 0 Å². The molecule has 0 aromatic heterocycles. The van der Waals surface area contributed by atoms with Gasteiger partial charge >= 0.3 is 286 Å². The van der Waals surface area contributed by atoms with E-state index in [0.717, 1.165) is 12.3 Å². The summed E-state index contributed by atoms with van der Waals surface area (Å²) >= 11 is 0. The van der Waals surface area contributed by atoms with Crippen LogP contribution in [0.1, 0.15) is 130 Å². The van der Waals surface area contributed by atoms with E-state index in [2.05, 4.69) is 125 Å². The van der Waals surface area contributed by atoms with E-state index in [1.807, 2.05) is 0 Å². The molecule has 260 valence electrons. The molecule has 0 heterocycles. The molecule has 2 aromatic rings. The van der Waals surface area contributed by atoms with E-state index < -0.39 is 13.5 Å². The van der Waals surface area contributed by atoms with Gasteiger partial charge in [0.1, 0.15) is 0 Å². The van der Waals surface area contributed by atoms with E-state index >= 15 is 0 Å². The number of benzene rings is 2. The van der Waals surface area contributed by atoms with Crippen LogP contribution in [0.25, 0.3) is 0 Å². The molecule has 0 saturated carbocycles. The van der Waals surface area contributed by atoms with Crippen molar-refractivity contribution in [1.82, 2.24) is 10.2 Å². The molecule has 2 rings (SSSR count). The first-order chi connectivity index (χ1) is 22.3. The van der Waals surface area contributed by atoms with Crippen molar-refractivity contribution in [3.8, 4) is 12.4 Å². The molecule has 0 aliphatic heterocycles. The normalized spacial score (nSPS) is 13.0. The third kappa shape index (κ3) is 13.5. The summed E-state index contributed by atoms with van der Waals surface area (Å²) in [5, 5.41) is 26.2. The number of unbranched alkanes of at least 4 members (excludes halogenated alkanes) is 6. The third-order valence-electron chi connectivity index (χ3n) is 10.2. The Kier molecular flexibility index (Phi) is 20.5. The molecule has 2 aromatic carbocycles. The van der Waals surface area contributed by atoms with Crippen LogP contribution in [0.2, 0.25) is 0 Å². The van der Waals surface area contributed by atoms with Crippen molar-refractivity contribution in [3.63, 3.8) is 0 Å². The first-order valence-corrected chi connectivity index (χ1v) is 24.6. The average molecular weight is 669 g/mol. The fourth-order valence-electron chi connectivity index (χ4n) is 7.40. The summed E-state index contributed by atoms with van der Waals surface area (Å²) in [6.45, 7) is 9.08. The number of nitrogens with one attached hydrogen (secondary N) is 2. The van der Waals surface area contributed by atoms with Gasteiger partial charge in [-0.05, 0) is 0 Å². The molecular formula is C40H70N4P2. The van der Waals surface area contributed by atoms with Crippen molar-refractivity contribution in [2.75, 3.05) is 37.0 Å². The van der Waals surface area contributed by atoms with E-state index in [1.54, 1.807) is 0 Å². The van der Waals surface area contributed by atoms with Gasteiger partial charge < -0.3 is 0 Å². The zero-order chi connectivity index (χ0) is 34.1. The second kappa shape index (κ2) is 22.4. The minimum absolute atomic E-state index is 1.08. The summed E-state index contributed by atoms with van der Waals surface area (Å²) in [4.78, 5) is 0. The van der Waals surface area contributed by atoms with Crippen LogP contribution in [0.5, 0.6) is 0 Å². The van der Waals surface area contributed by atoms with Crippen molar-refractivity contribution in [1.29, 1.82) is 10.5 Å². The first-order valence-electron chi connectivity index (χ1n) is 18.7. The molecule has 0 amide bonds. The van der Waals surface area contributed by atoms with Gasteiger partial charge in [-0.15, -0.1) is 0 Å². The third-order valence-corrected chi connectivity index (χ3v) is 23.0. The molecule has 0 aliphatic rings. The van der Waals surface area contributed by atoms with Gasteiger partial charge in [0.25, 0.3) is 0 Å². The van der Waals surface area contributed by atoms with Crippen LogP contribution < -0.4 is 10.2 Å². The Morgan fingerprint density at radius 2 is 0.674 bits per heavy atom. The van der Waals surface area contributed by atoms with Crippen molar-refractivity contribution < 1.29 is 0 Å². The van der Waals surface area contributed by atoms with Crippen molar-refractivity contribution in [2.45, 2.75) is 131 Å². The molecule has 4 nitrogen and oxygen atoms in total. The molecule has 0 atom stereocenters. The van der Waals surface area contributed by atoms with E-state index in [4.69, 9.17) is 0 Å².